The fraction of sp³-hybridized carbons (Fsp3) is 0.231. The number of aromatic carboxylic acids is 1. The van der Waals surface area contributed by atoms with Crippen LogP contribution in [0, 0.1) is 6.92 Å². The minimum atomic E-state index is -3.80. The fourth-order valence-electron chi connectivity index (χ4n) is 1.79. The zero-order chi connectivity index (χ0) is 15.5. The lowest BCUT2D eigenvalue weighted by Gasteiger charge is -2.05. The second kappa shape index (κ2) is 6.06. The van der Waals surface area contributed by atoms with E-state index < -0.39 is 21.8 Å². The molecule has 0 saturated carbocycles. The molecular weight excluding hydrogens is 296 g/mol. The molecule has 112 valence electrons. The van der Waals surface area contributed by atoms with Crippen molar-refractivity contribution in [2.75, 3.05) is 6.54 Å². The molecule has 0 aromatic carbocycles. The third kappa shape index (κ3) is 3.67. The van der Waals surface area contributed by atoms with E-state index in [2.05, 4.69) is 9.71 Å². The second-order valence-corrected chi connectivity index (χ2v) is 6.08. The van der Waals surface area contributed by atoms with Crippen molar-refractivity contribution < 1.29 is 22.7 Å². The molecule has 2 rings (SSSR count). The first kappa shape index (κ1) is 15.2. The van der Waals surface area contributed by atoms with Gasteiger partial charge in [0.05, 0.1) is 0 Å². The van der Waals surface area contributed by atoms with Crippen LogP contribution in [-0.2, 0) is 16.4 Å². The number of carbonyl (C=O) groups is 1. The number of sulfonamides is 1. The van der Waals surface area contributed by atoms with Gasteiger partial charge in [-0.15, -0.1) is 0 Å². The smallest absolute Gasteiger partial charge is 0.371 e. The molecule has 0 saturated heterocycles. The minimum absolute atomic E-state index is 0.0428. The fourth-order valence-corrected chi connectivity index (χ4v) is 3.00. The summed E-state index contributed by atoms with van der Waals surface area (Å²) in [4.78, 5) is 14.6. The van der Waals surface area contributed by atoms with Crippen LogP contribution < -0.4 is 4.72 Å². The minimum Gasteiger partial charge on any atom is -0.475 e. The normalized spacial score (nSPS) is 11.5. The molecule has 0 aliphatic heterocycles. The van der Waals surface area contributed by atoms with Gasteiger partial charge in [0.2, 0.25) is 15.8 Å². The Balaban J connectivity index is 2.07. The van der Waals surface area contributed by atoms with Crippen LogP contribution in [0.25, 0.3) is 0 Å². The zero-order valence-electron chi connectivity index (χ0n) is 11.2. The predicted molar refractivity (Wildman–Crippen MR) is 73.5 cm³/mol. The summed E-state index contributed by atoms with van der Waals surface area (Å²) in [6.07, 6.45) is 3.77. The molecule has 0 fully saturated rings. The number of hydrogen-bond donors (Lipinski definition) is 2. The molecule has 0 amide bonds. The van der Waals surface area contributed by atoms with Crippen molar-refractivity contribution in [3.8, 4) is 0 Å². The summed E-state index contributed by atoms with van der Waals surface area (Å²) < 4.78 is 31.5. The van der Waals surface area contributed by atoms with Crippen molar-refractivity contribution in [3.63, 3.8) is 0 Å². The lowest BCUT2D eigenvalue weighted by atomic mass is 10.2. The van der Waals surface area contributed by atoms with Gasteiger partial charge in [0.25, 0.3) is 0 Å². The van der Waals surface area contributed by atoms with E-state index in [4.69, 9.17) is 9.52 Å². The van der Waals surface area contributed by atoms with Gasteiger partial charge < -0.3 is 9.52 Å². The summed E-state index contributed by atoms with van der Waals surface area (Å²) in [6, 6.07) is 4.61. The molecular formula is C13H14N2O5S. The van der Waals surface area contributed by atoms with Crippen molar-refractivity contribution in [2.45, 2.75) is 18.2 Å². The number of rotatable bonds is 6. The van der Waals surface area contributed by atoms with Crippen molar-refractivity contribution in [3.05, 3.63) is 47.7 Å². The van der Waals surface area contributed by atoms with Crippen LogP contribution >= 0.6 is 0 Å². The summed E-state index contributed by atoms with van der Waals surface area (Å²) >= 11 is 0. The standard InChI is InChI=1S/C13H14N2O5S/c1-9-12(7-11(20-9)13(16)17)21(18,19)15-6-4-10-3-2-5-14-8-10/h2-3,5,7-8,15H,4,6H2,1H3,(H,16,17). The number of pyridine rings is 1. The molecule has 21 heavy (non-hydrogen) atoms. The molecule has 2 N–H and O–H groups in total. The Hall–Kier alpha value is -2.19. The second-order valence-electron chi connectivity index (χ2n) is 4.35. The van der Waals surface area contributed by atoms with Gasteiger partial charge in [-0.25, -0.2) is 17.9 Å². The molecule has 2 aromatic heterocycles. The van der Waals surface area contributed by atoms with E-state index in [-0.39, 0.29) is 17.2 Å². The number of carboxylic acid groups (broad SMARTS) is 1. The van der Waals surface area contributed by atoms with Crippen molar-refractivity contribution >= 4 is 16.0 Å². The van der Waals surface area contributed by atoms with Crippen LogP contribution in [0.2, 0.25) is 0 Å². The van der Waals surface area contributed by atoms with E-state index in [0.717, 1.165) is 11.6 Å². The average Bonchev–Trinajstić information content (AvgIpc) is 2.83. The van der Waals surface area contributed by atoms with Crippen molar-refractivity contribution in [1.29, 1.82) is 0 Å². The highest BCUT2D eigenvalue weighted by molar-refractivity contribution is 7.89. The molecule has 2 aromatic rings. The molecule has 0 spiro atoms. The highest BCUT2D eigenvalue weighted by atomic mass is 32.2. The number of nitrogens with one attached hydrogen (secondary N) is 1. The first-order valence-corrected chi connectivity index (χ1v) is 7.61. The molecule has 2 heterocycles. The van der Waals surface area contributed by atoms with Crippen molar-refractivity contribution in [2.24, 2.45) is 0 Å². The van der Waals surface area contributed by atoms with Gasteiger partial charge in [-0.1, -0.05) is 6.07 Å². The van der Waals surface area contributed by atoms with Crippen LogP contribution in [-0.4, -0.2) is 31.0 Å². The number of hydrogen-bond acceptors (Lipinski definition) is 5. The molecule has 7 nitrogen and oxygen atoms in total. The highest BCUT2D eigenvalue weighted by Crippen LogP contribution is 2.19. The van der Waals surface area contributed by atoms with Crippen LogP contribution in [0.1, 0.15) is 21.9 Å². The summed E-state index contributed by atoms with van der Waals surface area (Å²) in [6.45, 7) is 1.59. The highest BCUT2D eigenvalue weighted by Gasteiger charge is 2.23. The molecule has 0 unspecified atom stereocenters. The number of nitrogens with zero attached hydrogens (tertiary/aromatic N) is 1. The number of furan rings is 1. The van der Waals surface area contributed by atoms with E-state index in [9.17, 15) is 13.2 Å². The summed E-state index contributed by atoms with van der Waals surface area (Å²) in [5.41, 5.74) is 0.898. The zero-order valence-corrected chi connectivity index (χ0v) is 12.1. The Kier molecular flexibility index (Phi) is 4.39. The largest absolute Gasteiger partial charge is 0.475 e. The van der Waals surface area contributed by atoms with Gasteiger partial charge in [-0.05, 0) is 25.0 Å². The number of carboxylic acids is 1. The van der Waals surface area contributed by atoms with E-state index in [1.807, 2.05) is 6.07 Å². The summed E-state index contributed by atoms with van der Waals surface area (Å²) in [5.74, 6) is -1.67. The molecule has 0 aliphatic rings. The Bertz CT molecular complexity index is 737. The third-order valence-electron chi connectivity index (χ3n) is 2.80. The molecule has 0 atom stereocenters. The Morgan fingerprint density at radius 3 is 2.81 bits per heavy atom. The van der Waals surface area contributed by atoms with Gasteiger partial charge >= 0.3 is 5.97 Å². The maximum Gasteiger partial charge on any atom is 0.371 e. The van der Waals surface area contributed by atoms with E-state index in [0.29, 0.717) is 6.42 Å². The van der Waals surface area contributed by atoms with Gasteiger partial charge in [-0.3, -0.25) is 4.98 Å². The van der Waals surface area contributed by atoms with Gasteiger partial charge in [0.15, 0.2) is 0 Å². The molecule has 8 heteroatoms. The quantitative estimate of drug-likeness (QED) is 0.829. The predicted octanol–water partition coefficient (Wildman–Crippen LogP) is 1.20. The molecule has 0 aliphatic carbocycles. The Morgan fingerprint density at radius 2 is 2.24 bits per heavy atom. The SMILES string of the molecule is Cc1oc(C(=O)O)cc1S(=O)(=O)NCCc1cccnc1. The molecule has 0 radical (unpaired) electrons. The maximum absolute atomic E-state index is 12.1. The summed E-state index contributed by atoms with van der Waals surface area (Å²) in [5, 5.41) is 8.80. The van der Waals surface area contributed by atoms with Crippen LogP contribution in [0.5, 0.6) is 0 Å². The van der Waals surface area contributed by atoms with Gasteiger partial charge in [-0.2, -0.15) is 0 Å². The first-order chi connectivity index (χ1) is 9.90. The van der Waals surface area contributed by atoms with Crippen molar-refractivity contribution in [1.82, 2.24) is 9.71 Å². The topological polar surface area (TPSA) is 109 Å². The Morgan fingerprint density at radius 1 is 1.48 bits per heavy atom. The van der Waals surface area contributed by atoms with E-state index in [1.54, 1.807) is 18.5 Å². The van der Waals surface area contributed by atoms with Gasteiger partial charge in [0, 0.05) is 25.0 Å². The van der Waals surface area contributed by atoms with Crippen LogP contribution in [0.3, 0.4) is 0 Å². The Labute approximate surface area is 121 Å². The number of aryl methyl sites for hydroxylation is 1. The van der Waals surface area contributed by atoms with Crippen LogP contribution in [0.4, 0.5) is 0 Å². The van der Waals surface area contributed by atoms with E-state index >= 15 is 0 Å². The van der Waals surface area contributed by atoms with Crippen LogP contribution in [0.15, 0.2) is 39.9 Å². The first-order valence-electron chi connectivity index (χ1n) is 6.12. The maximum atomic E-state index is 12.1. The van der Waals surface area contributed by atoms with E-state index in [1.165, 1.54) is 6.92 Å². The lowest BCUT2D eigenvalue weighted by molar-refractivity contribution is 0.0661. The molecule has 0 bridgehead atoms. The third-order valence-corrected chi connectivity index (χ3v) is 4.37. The number of aromatic nitrogens is 1. The monoisotopic (exact) mass is 310 g/mol. The van der Waals surface area contributed by atoms with Gasteiger partial charge in [0.1, 0.15) is 10.7 Å². The average molecular weight is 310 g/mol. The lowest BCUT2D eigenvalue weighted by Crippen LogP contribution is -2.26. The summed E-state index contributed by atoms with van der Waals surface area (Å²) in [7, 11) is -3.80.